The molecule has 0 spiro atoms. The first-order valence-corrected chi connectivity index (χ1v) is 14.3. The average Bonchev–Trinajstić information content (AvgIpc) is 2.93. The number of carbonyl (C=O) groups excluding carboxylic acids is 4. The van der Waals surface area contributed by atoms with Crippen LogP contribution in [0.3, 0.4) is 0 Å². The minimum atomic E-state index is -1.09. The van der Waals surface area contributed by atoms with Gasteiger partial charge in [-0.15, -0.1) is 0 Å². The second-order valence-electron chi connectivity index (χ2n) is 11.3. The van der Waals surface area contributed by atoms with E-state index in [-0.39, 0.29) is 25.3 Å². The summed E-state index contributed by atoms with van der Waals surface area (Å²) in [5.74, 6) is -1.58. The third-order valence-electron chi connectivity index (χ3n) is 6.49. The second kappa shape index (κ2) is 16.4. The Kier molecular flexibility index (Phi) is 13.3. The van der Waals surface area contributed by atoms with Crippen molar-refractivity contribution in [2.24, 2.45) is 0 Å². The first kappa shape index (κ1) is 34.1. The van der Waals surface area contributed by atoms with Crippen LogP contribution in [0.15, 0.2) is 48.5 Å². The average molecular weight is 584 g/mol. The lowest BCUT2D eigenvalue weighted by Gasteiger charge is -2.34. The van der Waals surface area contributed by atoms with E-state index < -0.39 is 41.6 Å². The van der Waals surface area contributed by atoms with Gasteiger partial charge < -0.3 is 30.1 Å². The molecule has 3 amide bonds. The molecule has 0 radical (unpaired) electrons. The van der Waals surface area contributed by atoms with Crippen LogP contribution in [0, 0.1) is 6.92 Å². The number of aryl methyl sites for hydroxylation is 1. The Morgan fingerprint density at radius 2 is 1.60 bits per heavy atom. The van der Waals surface area contributed by atoms with E-state index in [4.69, 9.17) is 4.74 Å². The van der Waals surface area contributed by atoms with Gasteiger partial charge in [0, 0.05) is 13.0 Å². The third-order valence-corrected chi connectivity index (χ3v) is 6.49. The van der Waals surface area contributed by atoms with Gasteiger partial charge in [-0.2, -0.15) is 0 Å². The van der Waals surface area contributed by atoms with Crippen molar-refractivity contribution in [2.75, 3.05) is 20.2 Å². The molecule has 10 heteroatoms. The number of methoxy groups -OCH3 is 1. The van der Waals surface area contributed by atoms with Gasteiger partial charge in [0.25, 0.3) is 0 Å². The molecule has 0 aliphatic heterocycles. The van der Waals surface area contributed by atoms with Crippen LogP contribution in [0.4, 0.5) is 4.79 Å². The number of unbranched alkanes of at least 4 members (excludes halogenated alkanes) is 3. The summed E-state index contributed by atoms with van der Waals surface area (Å²) in [6.45, 7) is 9.06. The number of nitrogens with one attached hydrogen (secondary N) is 2. The highest BCUT2D eigenvalue weighted by molar-refractivity contribution is 5.93. The van der Waals surface area contributed by atoms with Gasteiger partial charge in [0.1, 0.15) is 30.0 Å². The van der Waals surface area contributed by atoms with E-state index in [1.54, 1.807) is 45.0 Å². The summed E-state index contributed by atoms with van der Waals surface area (Å²) < 4.78 is 10.1. The molecule has 2 unspecified atom stereocenters. The number of carbonyl (C=O) groups is 4. The van der Waals surface area contributed by atoms with Crippen LogP contribution in [0.5, 0.6) is 5.75 Å². The van der Waals surface area contributed by atoms with Crippen molar-refractivity contribution in [2.45, 2.75) is 84.4 Å². The molecule has 3 N–H and O–H groups in total. The topological polar surface area (TPSA) is 134 Å². The molecule has 2 aromatic carbocycles. The smallest absolute Gasteiger partial charge is 0.408 e. The minimum absolute atomic E-state index is 0.0704. The largest absolute Gasteiger partial charge is 0.508 e. The van der Waals surface area contributed by atoms with Gasteiger partial charge >= 0.3 is 12.1 Å². The van der Waals surface area contributed by atoms with Crippen molar-refractivity contribution in [3.8, 4) is 5.75 Å². The Hall–Kier alpha value is -4.08. The summed E-state index contributed by atoms with van der Waals surface area (Å²) in [7, 11) is 1.23. The van der Waals surface area contributed by atoms with E-state index in [1.807, 2.05) is 19.1 Å². The molecule has 0 saturated carbocycles. The maximum Gasteiger partial charge on any atom is 0.408 e. The van der Waals surface area contributed by atoms with E-state index in [0.717, 1.165) is 24.8 Å². The fourth-order valence-electron chi connectivity index (χ4n) is 4.34. The zero-order valence-corrected chi connectivity index (χ0v) is 25.6. The van der Waals surface area contributed by atoms with Gasteiger partial charge in [-0.3, -0.25) is 14.4 Å². The molecule has 230 valence electrons. The molecule has 0 fully saturated rings. The quantitative estimate of drug-likeness (QED) is 0.219. The second-order valence-corrected chi connectivity index (χ2v) is 11.3. The number of hydrogen-bond donors (Lipinski definition) is 3. The highest BCUT2D eigenvalue weighted by Gasteiger charge is 2.36. The minimum Gasteiger partial charge on any atom is -0.508 e. The van der Waals surface area contributed by atoms with E-state index in [2.05, 4.69) is 22.3 Å². The molecule has 0 heterocycles. The van der Waals surface area contributed by atoms with Crippen LogP contribution >= 0.6 is 0 Å². The Morgan fingerprint density at radius 3 is 2.17 bits per heavy atom. The van der Waals surface area contributed by atoms with E-state index >= 15 is 0 Å². The molecule has 0 aliphatic carbocycles. The summed E-state index contributed by atoms with van der Waals surface area (Å²) in [6.07, 6.45) is 2.73. The Morgan fingerprint density at radius 1 is 0.952 bits per heavy atom. The Bertz CT molecular complexity index is 1170. The molecule has 2 atom stereocenters. The van der Waals surface area contributed by atoms with Gasteiger partial charge in [0.2, 0.25) is 11.8 Å². The number of benzene rings is 2. The molecular weight excluding hydrogens is 538 g/mol. The number of hydrogen-bond acceptors (Lipinski definition) is 7. The predicted molar refractivity (Wildman–Crippen MR) is 160 cm³/mol. The normalized spacial score (nSPS) is 12.5. The molecular formula is C32H45N3O7. The highest BCUT2D eigenvalue weighted by atomic mass is 16.6. The summed E-state index contributed by atoms with van der Waals surface area (Å²) in [5, 5.41) is 15.1. The highest BCUT2D eigenvalue weighted by Crippen LogP contribution is 2.25. The monoisotopic (exact) mass is 583 g/mol. The first-order chi connectivity index (χ1) is 19.8. The first-order valence-electron chi connectivity index (χ1n) is 14.3. The molecule has 2 aromatic rings. The number of alkyl carbamates (subject to hydrolysis) is 1. The molecule has 10 nitrogen and oxygen atoms in total. The Labute approximate surface area is 248 Å². The fourth-order valence-corrected chi connectivity index (χ4v) is 4.34. The zero-order chi connectivity index (χ0) is 31.3. The SMILES string of the molecule is CCCCCCN(C(=O)C(Cc1ccc(O)cc1)NC(=O)OC(C)(C)C)C(C(=O)NCC(=O)OC)c1ccc(C)cc1. The molecule has 0 bridgehead atoms. The summed E-state index contributed by atoms with van der Waals surface area (Å²) >= 11 is 0. The number of rotatable bonds is 14. The lowest BCUT2D eigenvalue weighted by Crippen LogP contribution is -2.54. The van der Waals surface area contributed by atoms with Crippen molar-refractivity contribution in [1.82, 2.24) is 15.5 Å². The van der Waals surface area contributed by atoms with Crippen LogP contribution < -0.4 is 10.6 Å². The van der Waals surface area contributed by atoms with Crippen LogP contribution in [0.1, 0.15) is 76.1 Å². The van der Waals surface area contributed by atoms with E-state index in [0.29, 0.717) is 17.5 Å². The van der Waals surface area contributed by atoms with Crippen molar-refractivity contribution in [3.63, 3.8) is 0 Å². The van der Waals surface area contributed by atoms with Crippen LogP contribution in [0.2, 0.25) is 0 Å². The molecule has 42 heavy (non-hydrogen) atoms. The molecule has 0 aromatic heterocycles. The van der Waals surface area contributed by atoms with E-state index in [1.165, 1.54) is 24.1 Å². The van der Waals surface area contributed by atoms with Gasteiger partial charge in [-0.05, 0) is 57.4 Å². The molecule has 2 rings (SSSR count). The maximum absolute atomic E-state index is 14.4. The summed E-state index contributed by atoms with van der Waals surface area (Å²) in [6, 6.07) is 11.4. The van der Waals surface area contributed by atoms with Crippen molar-refractivity contribution >= 4 is 23.9 Å². The van der Waals surface area contributed by atoms with Gasteiger partial charge in [0.05, 0.1) is 7.11 Å². The van der Waals surface area contributed by atoms with Gasteiger partial charge in [-0.25, -0.2) is 4.79 Å². The van der Waals surface area contributed by atoms with Gasteiger partial charge in [-0.1, -0.05) is 68.1 Å². The van der Waals surface area contributed by atoms with Crippen LogP contribution in [-0.2, 0) is 30.3 Å². The standard InChI is InChI=1S/C32H45N3O7/c1-7-8-9-10-19-35(28(24-15-11-22(2)12-16-24)29(38)33-21-27(37)41-6)30(39)26(34-31(40)42-32(3,4)5)20-23-13-17-25(36)18-14-23/h11-18,26,28,36H,7-10,19-21H2,1-6H3,(H,33,38)(H,34,40). The number of nitrogens with zero attached hydrogens (tertiary/aromatic N) is 1. The lowest BCUT2D eigenvalue weighted by atomic mass is 9.99. The summed E-state index contributed by atoms with van der Waals surface area (Å²) in [4.78, 5) is 54.3. The predicted octanol–water partition coefficient (Wildman–Crippen LogP) is 4.58. The van der Waals surface area contributed by atoms with Crippen LogP contribution in [0.25, 0.3) is 0 Å². The number of phenols is 1. The number of phenolic OH excluding ortho intramolecular Hbond substituents is 1. The zero-order valence-electron chi connectivity index (χ0n) is 25.6. The van der Waals surface area contributed by atoms with Gasteiger partial charge in [0.15, 0.2) is 0 Å². The lowest BCUT2D eigenvalue weighted by molar-refractivity contribution is -0.144. The Balaban J connectivity index is 2.55. The molecule has 0 aliphatic rings. The number of aromatic hydroxyl groups is 1. The molecule has 0 saturated heterocycles. The summed E-state index contributed by atoms with van der Waals surface area (Å²) in [5.41, 5.74) is 1.43. The fraction of sp³-hybridized carbons (Fsp3) is 0.500. The van der Waals surface area contributed by atoms with Crippen molar-refractivity contribution in [3.05, 3.63) is 65.2 Å². The number of esters is 1. The number of amides is 3. The number of ether oxygens (including phenoxy) is 2. The van der Waals surface area contributed by atoms with Crippen molar-refractivity contribution in [1.29, 1.82) is 0 Å². The maximum atomic E-state index is 14.4. The third kappa shape index (κ3) is 11.4. The van der Waals surface area contributed by atoms with Crippen LogP contribution in [-0.4, -0.2) is 65.7 Å². The van der Waals surface area contributed by atoms with E-state index in [9.17, 15) is 24.3 Å². The van der Waals surface area contributed by atoms with Crippen molar-refractivity contribution < 1.29 is 33.8 Å².